The average Bonchev–Trinajstić information content (AvgIpc) is 2.78. The van der Waals surface area contributed by atoms with Crippen molar-refractivity contribution in [2.24, 2.45) is 11.7 Å². The van der Waals surface area contributed by atoms with Gasteiger partial charge in [-0.05, 0) is 31.0 Å². The number of rotatable bonds is 3. The maximum absolute atomic E-state index is 11.2. The lowest BCUT2D eigenvalue weighted by Gasteiger charge is -2.21. The lowest BCUT2D eigenvalue weighted by Crippen LogP contribution is -2.27. The number of benzene rings is 1. The van der Waals surface area contributed by atoms with Crippen molar-refractivity contribution in [3.05, 3.63) is 23.8 Å². The van der Waals surface area contributed by atoms with Gasteiger partial charge in [-0.3, -0.25) is 4.79 Å². The Morgan fingerprint density at radius 1 is 1.53 bits per heavy atom. The minimum atomic E-state index is -0.209. The van der Waals surface area contributed by atoms with Gasteiger partial charge in [-0.15, -0.1) is 0 Å². The molecule has 2 N–H and O–H groups in total. The maximum atomic E-state index is 11.2. The van der Waals surface area contributed by atoms with Crippen molar-refractivity contribution >= 4 is 11.6 Å². The van der Waals surface area contributed by atoms with E-state index in [1.165, 1.54) is 5.56 Å². The van der Waals surface area contributed by atoms with Gasteiger partial charge in [0.25, 0.3) is 0 Å². The van der Waals surface area contributed by atoms with Crippen LogP contribution in [-0.4, -0.2) is 26.1 Å². The summed E-state index contributed by atoms with van der Waals surface area (Å²) in [6.45, 7) is 3.59. The van der Waals surface area contributed by atoms with Gasteiger partial charge in [-0.1, -0.05) is 6.07 Å². The first-order chi connectivity index (χ1) is 8.11. The molecule has 92 valence electrons. The zero-order chi connectivity index (χ0) is 12.4. The monoisotopic (exact) mass is 234 g/mol. The maximum Gasteiger partial charge on any atom is 0.222 e. The number of hydrogen-bond acceptors (Lipinski definition) is 3. The van der Waals surface area contributed by atoms with Gasteiger partial charge in [0.15, 0.2) is 0 Å². The molecule has 0 radical (unpaired) electrons. The predicted molar refractivity (Wildman–Crippen MR) is 67.2 cm³/mol. The van der Waals surface area contributed by atoms with Crippen LogP contribution in [0.4, 0.5) is 5.69 Å². The summed E-state index contributed by atoms with van der Waals surface area (Å²) in [5.41, 5.74) is 7.58. The van der Waals surface area contributed by atoms with Crippen molar-refractivity contribution in [1.82, 2.24) is 0 Å². The summed E-state index contributed by atoms with van der Waals surface area (Å²) >= 11 is 0. The van der Waals surface area contributed by atoms with Crippen LogP contribution in [0.1, 0.15) is 12.0 Å². The number of carbonyl (C=O) groups is 1. The van der Waals surface area contributed by atoms with Crippen molar-refractivity contribution in [2.75, 3.05) is 25.1 Å². The van der Waals surface area contributed by atoms with Gasteiger partial charge in [0.2, 0.25) is 5.91 Å². The Morgan fingerprint density at radius 3 is 2.88 bits per heavy atom. The molecule has 2 rings (SSSR count). The number of primary amides is 1. The van der Waals surface area contributed by atoms with E-state index < -0.39 is 0 Å². The Bertz CT molecular complexity index is 431. The summed E-state index contributed by atoms with van der Waals surface area (Å²) < 4.78 is 5.35. The summed E-state index contributed by atoms with van der Waals surface area (Å²) in [6.07, 6.45) is 0.826. The van der Waals surface area contributed by atoms with Crippen molar-refractivity contribution in [3.63, 3.8) is 0 Å². The first-order valence-electron chi connectivity index (χ1n) is 5.80. The SMILES string of the molecule is COc1ccc(C)cc1N1CCC(C(N)=O)C1. The van der Waals surface area contributed by atoms with Crippen LogP contribution < -0.4 is 15.4 Å². The van der Waals surface area contributed by atoms with E-state index in [4.69, 9.17) is 10.5 Å². The largest absolute Gasteiger partial charge is 0.495 e. The number of anilines is 1. The molecule has 1 aliphatic rings. The highest BCUT2D eigenvalue weighted by atomic mass is 16.5. The van der Waals surface area contributed by atoms with E-state index in [0.29, 0.717) is 6.54 Å². The van der Waals surface area contributed by atoms with Gasteiger partial charge in [-0.2, -0.15) is 0 Å². The minimum absolute atomic E-state index is 0.0415. The van der Waals surface area contributed by atoms with Gasteiger partial charge in [0, 0.05) is 13.1 Å². The summed E-state index contributed by atoms with van der Waals surface area (Å²) in [6, 6.07) is 6.06. The topological polar surface area (TPSA) is 55.6 Å². The van der Waals surface area contributed by atoms with Crippen molar-refractivity contribution in [3.8, 4) is 5.75 Å². The molecule has 1 aromatic rings. The van der Waals surface area contributed by atoms with Crippen LogP contribution in [0.25, 0.3) is 0 Å². The Balaban J connectivity index is 2.23. The fourth-order valence-corrected chi connectivity index (χ4v) is 2.26. The summed E-state index contributed by atoms with van der Waals surface area (Å²) in [5.74, 6) is 0.597. The molecule has 1 atom stereocenters. The van der Waals surface area contributed by atoms with E-state index in [2.05, 4.69) is 11.0 Å². The molecule has 0 spiro atoms. The molecule has 17 heavy (non-hydrogen) atoms. The van der Waals surface area contributed by atoms with Gasteiger partial charge in [0.05, 0.1) is 18.7 Å². The van der Waals surface area contributed by atoms with Gasteiger partial charge < -0.3 is 15.4 Å². The number of carbonyl (C=O) groups excluding carboxylic acids is 1. The first kappa shape index (κ1) is 11.8. The number of hydrogen-bond donors (Lipinski definition) is 1. The number of nitrogens with zero attached hydrogens (tertiary/aromatic N) is 1. The molecule has 0 aliphatic carbocycles. The second kappa shape index (κ2) is 4.65. The Morgan fingerprint density at radius 2 is 2.29 bits per heavy atom. The third kappa shape index (κ3) is 2.35. The molecule has 1 aliphatic heterocycles. The van der Waals surface area contributed by atoms with E-state index in [0.717, 1.165) is 24.4 Å². The zero-order valence-electron chi connectivity index (χ0n) is 10.3. The van der Waals surface area contributed by atoms with Crippen LogP contribution in [0.15, 0.2) is 18.2 Å². The second-order valence-corrected chi connectivity index (χ2v) is 4.51. The number of methoxy groups -OCH3 is 1. The van der Waals surface area contributed by atoms with Crippen LogP contribution in [0.2, 0.25) is 0 Å². The average molecular weight is 234 g/mol. The molecule has 4 nitrogen and oxygen atoms in total. The third-order valence-electron chi connectivity index (χ3n) is 3.27. The molecule has 1 unspecified atom stereocenters. The molecule has 0 aromatic heterocycles. The normalized spacial score (nSPS) is 19.4. The number of aryl methyl sites for hydroxylation is 1. The van der Waals surface area contributed by atoms with Crippen molar-refractivity contribution in [2.45, 2.75) is 13.3 Å². The van der Waals surface area contributed by atoms with Gasteiger partial charge in [-0.25, -0.2) is 0 Å². The molecule has 0 saturated carbocycles. The second-order valence-electron chi connectivity index (χ2n) is 4.51. The zero-order valence-corrected chi connectivity index (χ0v) is 10.3. The van der Waals surface area contributed by atoms with Crippen LogP contribution >= 0.6 is 0 Å². The van der Waals surface area contributed by atoms with Crippen LogP contribution in [-0.2, 0) is 4.79 Å². The predicted octanol–water partition coefficient (Wildman–Crippen LogP) is 1.32. The highest BCUT2D eigenvalue weighted by molar-refractivity contribution is 5.78. The summed E-state index contributed by atoms with van der Waals surface area (Å²) in [7, 11) is 1.66. The molecule has 1 fully saturated rings. The fourth-order valence-electron chi connectivity index (χ4n) is 2.26. The van der Waals surface area contributed by atoms with Crippen molar-refractivity contribution in [1.29, 1.82) is 0 Å². The highest BCUT2D eigenvalue weighted by Gasteiger charge is 2.28. The summed E-state index contributed by atoms with van der Waals surface area (Å²) in [4.78, 5) is 13.3. The van der Waals surface area contributed by atoms with Crippen LogP contribution in [0.3, 0.4) is 0 Å². The minimum Gasteiger partial charge on any atom is -0.495 e. The Labute approximate surface area is 101 Å². The number of ether oxygens (including phenoxy) is 1. The standard InChI is InChI=1S/C13H18N2O2/c1-9-3-4-12(17-2)11(7-9)15-6-5-10(8-15)13(14)16/h3-4,7,10H,5-6,8H2,1-2H3,(H2,14,16). The smallest absolute Gasteiger partial charge is 0.222 e. The van der Waals surface area contributed by atoms with Gasteiger partial charge >= 0.3 is 0 Å². The van der Waals surface area contributed by atoms with E-state index in [-0.39, 0.29) is 11.8 Å². The van der Waals surface area contributed by atoms with E-state index in [1.54, 1.807) is 7.11 Å². The van der Waals surface area contributed by atoms with Gasteiger partial charge in [0.1, 0.15) is 5.75 Å². The van der Waals surface area contributed by atoms with Crippen LogP contribution in [0.5, 0.6) is 5.75 Å². The summed E-state index contributed by atoms with van der Waals surface area (Å²) in [5, 5.41) is 0. The van der Waals surface area contributed by atoms with Crippen LogP contribution in [0, 0.1) is 12.8 Å². The lowest BCUT2D eigenvalue weighted by molar-refractivity contribution is -0.121. The molecule has 1 aromatic carbocycles. The molecule has 1 heterocycles. The number of amides is 1. The first-order valence-corrected chi connectivity index (χ1v) is 5.80. The lowest BCUT2D eigenvalue weighted by atomic mass is 10.1. The van der Waals surface area contributed by atoms with E-state index >= 15 is 0 Å². The third-order valence-corrected chi connectivity index (χ3v) is 3.27. The highest BCUT2D eigenvalue weighted by Crippen LogP contribution is 2.32. The molecule has 1 saturated heterocycles. The van der Waals surface area contributed by atoms with E-state index in [1.807, 2.05) is 19.1 Å². The quantitative estimate of drug-likeness (QED) is 0.858. The molecule has 1 amide bonds. The Hall–Kier alpha value is -1.71. The molecule has 0 bridgehead atoms. The van der Waals surface area contributed by atoms with Crippen molar-refractivity contribution < 1.29 is 9.53 Å². The fraction of sp³-hybridized carbons (Fsp3) is 0.462. The molecule has 4 heteroatoms. The number of nitrogens with two attached hydrogens (primary N) is 1. The Kier molecular flexibility index (Phi) is 3.22. The molecular formula is C13H18N2O2. The van der Waals surface area contributed by atoms with E-state index in [9.17, 15) is 4.79 Å². The molecular weight excluding hydrogens is 216 g/mol.